The Bertz CT molecular complexity index is 462. The minimum atomic E-state index is -4.71. The van der Waals surface area contributed by atoms with E-state index in [1.807, 2.05) is 0 Å². The topological polar surface area (TPSA) is 44.5 Å². The van der Waals surface area contributed by atoms with Gasteiger partial charge >= 0.3 is 6.36 Å². The second kappa shape index (κ2) is 7.22. The van der Waals surface area contributed by atoms with Gasteiger partial charge < -0.3 is 15.2 Å². The third kappa shape index (κ3) is 4.68. The Hall–Kier alpha value is -1.14. The van der Waals surface area contributed by atoms with Crippen LogP contribution in [0.2, 0.25) is 0 Å². The lowest BCUT2D eigenvalue weighted by atomic mass is 9.92. The molecule has 1 aliphatic rings. The highest BCUT2D eigenvalue weighted by Crippen LogP contribution is 2.39. The molecule has 0 aromatic heterocycles. The Labute approximate surface area is 128 Å². The van der Waals surface area contributed by atoms with Crippen molar-refractivity contribution in [1.29, 1.82) is 0 Å². The first kappa shape index (κ1) is 17.9. The third-order valence-corrected chi connectivity index (χ3v) is 3.71. The highest BCUT2D eigenvalue weighted by atomic mass is 35.5. The number of methoxy groups -OCH3 is 1. The molecule has 3 nitrogen and oxygen atoms in total. The van der Waals surface area contributed by atoms with E-state index < -0.39 is 6.36 Å². The predicted octanol–water partition coefficient (Wildman–Crippen LogP) is 4.21. The van der Waals surface area contributed by atoms with Gasteiger partial charge in [0.05, 0.1) is 7.11 Å². The number of nitrogens with two attached hydrogens (primary N) is 1. The second-order valence-corrected chi connectivity index (χ2v) is 5.02. The van der Waals surface area contributed by atoms with Crippen molar-refractivity contribution < 1.29 is 22.6 Å². The molecular formula is C14H19ClF3NO2. The molecule has 0 aliphatic heterocycles. The molecule has 0 unspecified atom stereocenters. The largest absolute Gasteiger partial charge is 0.573 e. The second-order valence-electron chi connectivity index (χ2n) is 5.02. The van der Waals surface area contributed by atoms with Crippen LogP contribution in [0.4, 0.5) is 13.2 Å². The fourth-order valence-electron chi connectivity index (χ4n) is 2.73. The van der Waals surface area contributed by atoms with E-state index in [1.54, 1.807) is 6.07 Å². The van der Waals surface area contributed by atoms with Gasteiger partial charge in [0.15, 0.2) is 0 Å². The first-order valence-electron chi connectivity index (χ1n) is 6.60. The quantitative estimate of drug-likeness (QED) is 0.902. The van der Waals surface area contributed by atoms with Crippen LogP contribution in [-0.2, 0) is 0 Å². The first-order valence-corrected chi connectivity index (χ1v) is 6.60. The standard InChI is InChI=1S/C14H18F3NO2.ClH/c1-19-12-8-10(20-14(15,16)17)6-7-11(12)13(18)9-4-2-3-5-9;/h6-9,13H,2-5,18H2,1H3;1H/t13-;/m1./s1. The van der Waals surface area contributed by atoms with Crippen LogP contribution in [0.1, 0.15) is 37.3 Å². The smallest absolute Gasteiger partial charge is 0.496 e. The number of alkyl halides is 3. The highest BCUT2D eigenvalue weighted by Gasteiger charge is 2.32. The van der Waals surface area contributed by atoms with Crippen LogP contribution in [0.3, 0.4) is 0 Å². The molecule has 0 bridgehead atoms. The van der Waals surface area contributed by atoms with E-state index in [-0.39, 0.29) is 24.2 Å². The zero-order valence-corrected chi connectivity index (χ0v) is 12.5. The Morgan fingerprint density at radius 2 is 1.86 bits per heavy atom. The molecule has 7 heteroatoms. The van der Waals surface area contributed by atoms with Crippen molar-refractivity contribution in [3.05, 3.63) is 23.8 Å². The number of hydrogen-bond donors (Lipinski definition) is 1. The maximum Gasteiger partial charge on any atom is 0.573 e. The molecular weight excluding hydrogens is 307 g/mol. The molecule has 1 fully saturated rings. The summed E-state index contributed by atoms with van der Waals surface area (Å²) in [5.74, 6) is 0.404. The normalized spacial score (nSPS) is 17.2. The van der Waals surface area contributed by atoms with E-state index in [4.69, 9.17) is 10.5 Å². The number of hydrogen-bond acceptors (Lipinski definition) is 3. The molecule has 1 aromatic carbocycles. The molecule has 0 spiro atoms. The SMILES string of the molecule is COc1cc(OC(F)(F)F)ccc1[C@H](N)C1CCCC1.Cl. The zero-order chi connectivity index (χ0) is 14.8. The van der Waals surface area contributed by atoms with Crippen LogP contribution >= 0.6 is 12.4 Å². The van der Waals surface area contributed by atoms with Gasteiger partial charge in [0.2, 0.25) is 0 Å². The van der Waals surface area contributed by atoms with Gasteiger partial charge in [-0.1, -0.05) is 18.9 Å². The van der Waals surface area contributed by atoms with Crippen molar-refractivity contribution in [3.63, 3.8) is 0 Å². The van der Waals surface area contributed by atoms with Crippen LogP contribution in [0.25, 0.3) is 0 Å². The van der Waals surface area contributed by atoms with Crippen molar-refractivity contribution in [2.24, 2.45) is 11.7 Å². The number of ether oxygens (including phenoxy) is 2. The first-order chi connectivity index (χ1) is 9.40. The molecule has 0 saturated heterocycles. The molecule has 0 radical (unpaired) electrons. The summed E-state index contributed by atoms with van der Waals surface area (Å²) in [4.78, 5) is 0. The molecule has 21 heavy (non-hydrogen) atoms. The summed E-state index contributed by atoms with van der Waals surface area (Å²) in [5, 5.41) is 0. The Balaban J connectivity index is 0.00000220. The van der Waals surface area contributed by atoms with Gasteiger partial charge in [0, 0.05) is 17.7 Å². The summed E-state index contributed by atoms with van der Waals surface area (Å²) >= 11 is 0. The molecule has 1 aromatic rings. The van der Waals surface area contributed by atoms with E-state index in [0.29, 0.717) is 11.7 Å². The van der Waals surface area contributed by atoms with Crippen molar-refractivity contribution in [2.45, 2.75) is 38.1 Å². The monoisotopic (exact) mass is 325 g/mol. The van der Waals surface area contributed by atoms with Gasteiger partial charge in [-0.15, -0.1) is 25.6 Å². The molecule has 1 saturated carbocycles. The fraction of sp³-hybridized carbons (Fsp3) is 0.571. The van der Waals surface area contributed by atoms with Gasteiger partial charge in [0.25, 0.3) is 0 Å². The van der Waals surface area contributed by atoms with E-state index in [9.17, 15) is 13.2 Å². The average Bonchev–Trinajstić information content (AvgIpc) is 2.89. The molecule has 0 amide bonds. The molecule has 1 atom stereocenters. The summed E-state index contributed by atoms with van der Waals surface area (Å²) in [7, 11) is 1.41. The van der Waals surface area contributed by atoms with Gasteiger partial charge in [-0.05, 0) is 24.8 Å². The molecule has 1 aliphatic carbocycles. The van der Waals surface area contributed by atoms with Gasteiger partial charge in [-0.25, -0.2) is 0 Å². The maximum atomic E-state index is 12.2. The summed E-state index contributed by atoms with van der Waals surface area (Å²) in [6.45, 7) is 0. The minimum Gasteiger partial charge on any atom is -0.496 e. The predicted molar refractivity (Wildman–Crippen MR) is 75.8 cm³/mol. The minimum absolute atomic E-state index is 0. The number of benzene rings is 1. The summed E-state index contributed by atoms with van der Waals surface area (Å²) < 4.78 is 45.6. The van der Waals surface area contributed by atoms with E-state index in [1.165, 1.54) is 19.2 Å². The molecule has 0 heterocycles. The van der Waals surface area contributed by atoms with Crippen molar-refractivity contribution >= 4 is 12.4 Å². The van der Waals surface area contributed by atoms with Crippen LogP contribution in [0.5, 0.6) is 11.5 Å². The van der Waals surface area contributed by atoms with E-state index in [2.05, 4.69) is 4.74 Å². The average molecular weight is 326 g/mol. The Morgan fingerprint density at radius 1 is 1.24 bits per heavy atom. The fourth-order valence-corrected chi connectivity index (χ4v) is 2.73. The summed E-state index contributed by atoms with van der Waals surface area (Å²) in [6, 6.07) is 3.85. The van der Waals surface area contributed by atoms with Crippen LogP contribution in [0, 0.1) is 5.92 Å². The Morgan fingerprint density at radius 3 is 2.38 bits per heavy atom. The third-order valence-electron chi connectivity index (χ3n) is 3.71. The van der Waals surface area contributed by atoms with Crippen LogP contribution in [-0.4, -0.2) is 13.5 Å². The van der Waals surface area contributed by atoms with E-state index in [0.717, 1.165) is 31.2 Å². The van der Waals surface area contributed by atoms with E-state index >= 15 is 0 Å². The summed E-state index contributed by atoms with van der Waals surface area (Å²) in [6.07, 6.45) is -0.317. The molecule has 2 rings (SSSR count). The Kier molecular flexibility index (Phi) is 6.16. The maximum absolute atomic E-state index is 12.2. The van der Waals surface area contributed by atoms with Crippen LogP contribution in [0.15, 0.2) is 18.2 Å². The lowest BCUT2D eigenvalue weighted by Gasteiger charge is -2.22. The zero-order valence-electron chi connectivity index (χ0n) is 11.7. The highest BCUT2D eigenvalue weighted by molar-refractivity contribution is 5.85. The van der Waals surface area contributed by atoms with Gasteiger partial charge in [-0.2, -0.15) is 0 Å². The van der Waals surface area contributed by atoms with Crippen molar-refractivity contribution in [2.75, 3.05) is 7.11 Å². The van der Waals surface area contributed by atoms with Gasteiger partial charge in [-0.3, -0.25) is 0 Å². The number of halogens is 4. The molecule has 2 N–H and O–H groups in total. The van der Waals surface area contributed by atoms with Gasteiger partial charge in [0.1, 0.15) is 11.5 Å². The summed E-state index contributed by atoms with van der Waals surface area (Å²) in [5.41, 5.74) is 6.94. The van der Waals surface area contributed by atoms with Crippen molar-refractivity contribution in [1.82, 2.24) is 0 Å². The number of rotatable bonds is 4. The lowest BCUT2D eigenvalue weighted by Crippen LogP contribution is -2.20. The van der Waals surface area contributed by atoms with Crippen molar-refractivity contribution in [3.8, 4) is 11.5 Å². The lowest BCUT2D eigenvalue weighted by molar-refractivity contribution is -0.274. The van der Waals surface area contributed by atoms with Crippen LogP contribution < -0.4 is 15.2 Å². The molecule has 120 valence electrons.